The molecule has 1 aromatic carbocycles. The van der Waals surface area contributed by atoms with Crippen molar-refractivity contribution in [1.82, 2.24) is 0 Å². The first-order chi connectivity index (χ1) is 7.25. The molecule has 79 valence electrons. The summed E-state index contributed by atoms with van der Waals surface area (Å²) in [7, 11) is 0. The number of nitrogens with one attached hydrogen (secondary N) is 1. The van der Waals surface area contributed by atoms with Crippen molar-refractivity contribution in [3.8, 4) is 0 Å². The number of primary amides is 1. The number of nitrogens with two attached hydrogens (primary N) is 1. The Hall–Kier alpha value is -1.68. The molecule has 0 bridgehead atoms. The third kappa shape index (κ3) is 3.52. The summed E-state index contributed by atoms with van der Waals surface area (Å²) in [6, 6.07) is 7.06. The molecule has 0 fully saturated rings. The van der Waals surface area contributed by atoms with E-state index in [0.717, 1.165) is 5.56 Å². The highest BCUT2D eigenvalue weighted by Crippen LogP contribution is 2.09. The van der Waals surface area contributed by atoms with Crippen LogP contribution in [-0.4, -0.2) is 18.7 Å². The van der Waals surface area contributed by atoms with Gasteiger partial charge in [-0.05, 0) is 11.6 Å². The van der Waals surface area contributed by atoms with Gasteiger partial charge in [0.2, 0.25) is 5.91 Å². The van der Waals surface area contributed by atoms with Gasteiger partial charge in [0.1, 0.15) is 0 Å². The van der Waals surface area contributed by atoms with Gasteiger partial charge < -0.3 is 15.9 Å². The van der Waals surface area contributed by atoms with Crippen molar-refractivity contribution in [2.45, 2.75) is 13.0 Å². The molecule has 0 atom stereocenters. The summed E-state index contributed by atoms with van der Waals surface area (Å²) in [5, 5.41) is 6.69. The molecule has 0 saturated heterocycles. The van der Waals surface area contributed by atoms with E-state index in [4.69, 9.17) is 15.9 Å². The zero-order valence-corrected chi connectivity index (χ0v) is 8.32. The number of benzene rings is 1. The molecule has 0 aliphatic carbocycles. The minimum Gasteiger partial charge on any atom is -0.376 e. The Morgan fingerprint density at radius 2 is 2.20 bits per heavy atom. The largest absolute Gasteiger partial charge is 0.376 e. The first kappa shape index (κ1) is 11.4. The predicted molar refractivity (Wildman–Crippen MR) is 57.0 cm³/mol. The second kappa shape index (κ2) is 5.93. The van der Waals surface area contributed by atoms with Crippen molar-refractivity contribution in [3.05, 3.63) is 35.4 Å². The Bertz CT molecular complexity index is 350. The Balaban J connectivity index is 2.59. The van der Waals surface area contributed by atoms with E-state index in [0.29, 0.717) is 25.2 Å². The molecule has 0 aliphatic rings. The normalized spacial score (nSPS) is 9.87. The number of hydrogen-bond acceptors (Lipinski definition) is 3. The van der Waals surface area contributed by atoms with Crippen molar-refractivity contribution in [3.63, 3.8) is 0 Å². The van der Waals surface area contributed by atoms with Crippen LogP contribution in [0.15, 0.2) is 24.3 Å². The maximum absolute atomic E-state index is 11.0. The maximum atomic E-state index is 11.0. The van der Waals surface area contributed by atoms with Gasteiger partial charge in [-0.15, -0.1) is 0 Å². The van der Waals surface area contributed by atoms with Gasteiger partial charge in [-0.1, -0.05) is 18.2 Å². The minimum atomic E-state index is -0.451. The molecule has 0 unspecified atom stereocenters. The Morgan fingerprint density at radius 1 is 1.47 bits per heavy atom. The predicted octanol–water partition coefficient (Wildman–Crippen LogP) is 1.22. The summed E-state index contributed by atoms with van der Waals surface area (Å²) >= 11 is 0. The molecule has 15 heavy (non-hydrogen) atoms. The van der Waals surface area contributed by atoms with E-state index in [1.54, 1.807) is 18.2 Å². The summed E-state index contributed by atoms with van der Waals surface area (Å²) in [6.07, 6.45) is 2.68. The molecule has 0 saturated carbocycles. The van der Waals surface area contributed by atoms with Crippen LogP contribution >= 0.6 is 0 Å². The van der Waals surface area contributed by atoms with Crippen LogP contribution in [0, 0.1) is 5.41 Å². The molecule has 0 aliphatic heterocycles. The highest BCUT2D eigenvalue weighted by atomic mass is 16.5. The Kier molecular flexibility index (Phi) is 4.50. The summed E-state index contributed by atoms with van der Waals surface area (Å²) in [5.74, 6) is -0.451. The highest BCUT2D eigenvalue weighted by molar-refractivity contribution is 5.94. The van der Waals surface area contributed by atoms with E-state index < -0.39 is 5.91 Å². The van der Waals surface area contributed by atoms with Crippen LogP contribution in [0.25, 0.3) is 0 Å². The second-order valence-corrected chi connectivity index (χ2v) is 3.00. The van der Waals surface area contributed by atoms with Gasteiger partial charge in [-0.3, -0.25) is 4.79 Å². The third-order valence-electron chi connectivity index (χ3n) is 1.91. The molecule has 0 aromatic heterocycles. The van der Waals surface area contributed by atoms with E-state index in [-0.39, 0.29) is 0 Å². The summed E-state index contributed by atoms with van der Waals surface area (Å²) in [6.45, 7) is 0.761. The van der Waals surface area contributed by atoms with Crippen molar-refractivity contribution < 1.29 is 9.53 Å². The lowest BCUT2D eigenvalue weighted by atomic mass is 10.1. The summed E-state index contributed by atoms with van der Waals surface area (Å²) in [4.78, 5) is 11.0. The van der Waals surface area contributed by atoms with Crippen LogP contribution in [0.4, 0.5) is 0 Å². The van der Waals surface area contributed by atoms with Gasteiger partial charge in [-0.2, -0.15) is 0 Å². The minimum absolute atomic E-state index is 0.334. The number of carbonyl (C=O) groups excluding carboxylic acids is 1. The monoisotopic (exact) mass is 205 g/mol. The topological polar surface area (TPSA) is 76.2 Å². The van der Waals surface area contributed by atoms with Crippen LogP contribution in [0.5, 0.6) is 0 Å². The van der Waals surface area contributed by atoms with Gasteiger partial charge in [0, 0.05) is 12.0 Å². The lowest BCUT2D eigenvalue weighted by Crippen LogP contribution is -2.14. The van der Waals surface area contributed by atoms with E-state index in [1.165, 1.54) is 0 Å². The fraction of sp³-hybridized carbons (Fsp3) is 0.273. The van der Waals surface area contributed by atoms with E-state index in [2.05, 4.69) is 6.21 Å². The third-order valence-corrected chi connectivity index (χ3v) is 1.91. The van der Waals surface area contributed by atoms with Gasteiger partial charge in [0.15, 0.2) is 0 Å². The summed E-state index contributed by atoms with van der Waals surface area (Å²) < 4.78 is 5.26. The molecule has 0 spiro atoms. The molecule has 0 heterocycles. The average molecular weight is 205 g/mol. The molecule has 1 rings (SSSR count). The first-order valence-corrected chi connectivity index (χ1v) is 4.60. The lowest BCUT2D eigenvalue weighted by molar-refractivity contribution is 0.0987. The molecule has 4 heteroatoms. The van der Waals surface area contributed by atoms with Crippen LogP contribution in [0.1, 0.15) is 22.3 Å². The number of amides is 1. The number of hydrogen-bond donors (Lipinski definition) is 2. The Morgan fingerprint density at radius 3 is 2.87 bits per heavy atom. The molecule has 3 N–H and O–H groups in total. The number of ether oxygens (including phenoxy) is 1. The van der Waals surface area contributed by atoms with Crippen molar-refractivity contribution >= 4 is 12.1 Å². The number of rotatable bonds is 6. The quantitative estimate of drug-likeness (QED) is 0.541. The smallest absolute Gasteiger partial charge is 0.249 e. The highest BCUT2D eigenvalue weighted by Gasteiger charge is 2.06. The lowest BCUT2D eigenvalue weighted by Gasteiger charge is -2.06. The molecular weight excluding hydrogens is 192 g/mol. The van der Waals surface area contributed by atoms with Gasteiger partial charge in [0.25, 0.3) is 0 Å². The van der Waals surface area contributed by atoms with Crippen LogP contribution in [0.3, 0.4) is 0 Å². The molecule has 1 aromatic rings. The zero-order chi connectivity index (χ0) is 11.1. The summed E-state index contributed by atoms with van der Waals surface area (Å²) in [5.41, 5.74) is 6.46. The van der Waals surface area contributed by atoms with Gasteiger partial charge >= 0.3 is 0 Å². The number of carbonyl (C=O) groups is 1. The zero-order valence-electron chi connectivity index (χ0n) is 8.32. The van der Waals surface area contributed by atoms with E-state index in [9.17, 15) is 4.79 Å². The van der Waals surface area contributed by atoms with E-state index in [1.807, 2.05) is 6.07 Å². The molecule has 1 amide bonds. The maximum Gasteiger partial charge on any atom is 0.249 e. The van der Waals surface area contributed by atoms with Crippen LogP contribution < -0.4 is 5.73 Å². The van der Waals surface area contributed by atoms with Crippen molar-refractivity contribution in [1.29, 1.82) is 5.41 Å². The van der Waals surface area contributed by atoms with Crippen LogP contribution in [-0.2, 0) is 11.3 Å². The molecule has 1 radical (unpaired) electrons. The second-order valence-electron chi connectivity index (χ2n) is 3.00. The van der Waals surface area contributed by atoms with Crippen molar-refractivity contribution in [2.75, 3.05) is 6.61 Å². The average Bonchev–Trinajstić information content (AvgIpc) is 2.25. The molecular formula is C11H13N2O2. The fourth-order valence-corrected chi connectivity index (χ4v) is 1.19. The van der Waals surface area contributed by atoms with Crippen LogP contribution in [0.2, 0.25) is 0 Å². The Labute approximate surface area is 88.6 Å². The van der Waals surface area contributed by atoms with E-state index >= 15 is 0 Å². The van der Waals surface area contributed by atoms with Gasteiger partial charge in [0.05, 0.1) is 19.4 Å². The SMILES string of the molecule is N=[C]CCOCc1ccccc1C(N)=O. The van der Waals surface area contributed by atoms with Crippen molar-refractivity contribution in [2.24, 2.45) is 5.73 Å². The first-order valence-electron chi connectivity index (χ1n) is 4.60. The van der Waals surface area contributed by atoms with Gasteiger partial charge in [-0.25, -0.2) is 0 Å². The molecule has 4 nitrogen and oxygen atoms in total. The fourth-order valence-electron chi connectivity index (χ4n) is 1.19. The standard InChI is InChI=1S/C11H13N2O2/c12-6-3-7-15-8-9-4-1-2-5-10(9)11(13)14/h1-2,4-5,12H,3,7-8H2,(H2,13,14).